The van der Waals surface area contributed by atoms with Gasteiger partial charge in [0.05, 0.1) is 0 Å². The van der Waals surface area contributed by atoms with Crippen LogP contribution in [-0.2, 0) is 9.59 Å². The smallest absolute Gasteiger partial charge is 0.303 e. The molecular weight excluding hydrogens is 230 g/mol. The quantitative estimate of drug-likeness (QED) is 0.685. The molecule has 1 aliphatic carbocycles. The zero-order chi connectivity index (χ0) is 13.4. The van der Waals surface area contributed by atoms with Crippen LogP contribution in [0, 0.1) is 5.92 Å². The number of aliphatic carboxylic acids is 1. The number of carbonyl (C=O) groups is 2. The van der Waals surface area contributed by atoms with Crippen LogP contribution >= 0.6 is 0 Å². The molecule has 0 aromatic carbocycles. The Morgan fingerprint density at radius 3 is 2.78 bits per heavy atom. The fourth-order valence-corrected chi connectivity index (χ4v) is 2.25. The van der Waals surface area contributed by atoms with Gasteiger partial charge in [0.1, 0.15) is 0 Å². The second-order valence-electron chi connectivity index (χ2n) is 5.12. The predicted molar refractivity (Wildman–Crippen MR) is 70.2 cm³/mol. The van der Waals surface area contributed by atoms with Gasteiger partial charge in [-0.15, -0.1) is 0 Å². The van der Waals surface area contributed by atoms with Gasteiger partial charge in [-0.25, -0.2) is 0 Å². The Labute approximate surface area is 108 Å². The molecular formula is C14H23NO3. The minimum absolute atomic E-state index is 0.0415. The molecule has 0 fully saturated rings. The Kier molecular flexibility index (Phi) is 6.47. The van der Waals surface area contributed by atoms with Crippen LogP contribution in [0.15, 0.2) is 11.6 Å². The van der Waals surface area contributed by atoms with Crippen LogP contribution in [-0.4, -0.2) is 23.5 Å². The minimum Gasteiger partial charge on any atom is -0.481 e. The molecule has 102 valence electrons. The fourth-order valence-electron chi connectivity index (χ4n) is 2.25. The molecule has 0 radical (unpaired) electrons. The summed E-state index contributed by atoms with van der Waals surface area (Å²) in [5.41, 5.74) is 1.44. The van der Waals surface area contributed by atoms with E-state index in [9.17, 15) is 9.59 Å². The zero-order valence-electron chi connectivity index (χ0n) is 11.1. The second-order valence-corrected chi connectivity index (χ2v) is 5.12. The molecule has 2 N–H and O–H groups in total. The third-order valence-corrected chi connectivity index (χ3v) is 3.21. The van der Waals surface area contributed by atoms with Crippen LogP contribution in [0.3, 0.4) is 0 Å². The molecule has 1 atom stereocenters. The summed E-state index contributed by atoms with van der Waals surface area (Å²) in [6.45, 7) is 2.46. The van der Waals surface area contributed by atoms with E-state index < -0.39 is 5.97 Å². The molecule has 0 spiro atoms. The molecule has 0 saturated heterocycles. The number of amides is 1. The van der Waals surface area contributed by atoms with Crippen molar-refractivity contribution >= 4 is 11.9 Å². The number of nitrogens with one attached hydrogen (secondary N) is 1. The van der Waals surface area contributed by atoms with Crippen molar-refractivity contribution in [2.24, 2.45) is 5.92 Å². The van der Waals surface area contributed by atoms with Crippen molar-refractivity contribution in [2.75, 3.05) is 6.54 Å². The summed E-state index contributed by atoms with van der Waals surface area (Å²) in [5.74, 6) is -0.987. The average molecular weight is 253 g/mol. The van der Waals surface area contributed by atoms with Crippen molar-refractivity contribution in [2.45, 2.75) is 51.9 Å². The number of carboxylic acids is 1. The highest BCUT2D eigenvalue weighted by molar-refractivity contribution is 5.77. The van der Waals surface area contributed by atoms with E-state index in [1.165, 1.54) is 24.8 Å². The standard InChI is InChI=1S/C14H23NO3/c1-11(10-14(17)18)9-13(16)15-8-7-12-5-3-2-4-6-12/h5,11H,2-4,6-10H2,1H3,(H,15,16)(H,17,18)/t11-/m1/s1. The lowest BCUT2D eigenvalue weighted by molar-refractivity contribution is -0.138. The molecule has 0 aromatic heterocycles. The first-order chi connectivity index (χ1) is 8.58. The van der Waals surface area contributed by atoms with Gasteiger partial charge in [0, 0.05) is 19.4 Å². The highest BCUT2D eigenvalue weighted by Gasteiger charge is 2.12. The Bertz CT molecular complexity index is 323. The normalized spacial score (nSPS) is 16.8. The van der Waals surface area contributed by atoms with Crippen molar-refractivity contribution in [1.82, 2.24) is 5.32 Å². The van der Waals surface area contributed by atoms with E-state index in [-0.39, 0.29) is 18.2 Å². The first-order valence-electron chi connectivity index (χ1n) is 6.74. The highest BCUT2D eigenvalue weighted by Crippen LogP contribution is 2.19. The van der Waals surface area contributed by atoms with Crippen LogP contribution in [0.25, 0.3) is 0 Å². The molecule has 0 bridgehead atoms. The highest BCUT2D eigenvalue weighted by atomic mass is 16.4. The molecule has 0 aliphatic heterocycles. The van der Waals surface area contributed by atoms with Crippen LogP contribution in [0.1, 0.15) is 51.9 Å². The van der Waals surface area contributed by atoms with E-state index in [2.05, 4.69) is 11.4 Å². The van der Waals surface area contributed by atoms with Gasteiger partial charge in [-0.3, -0.25) is 9.59 Å². The average Bonchev–Trinajstić information content (AvgIpc) is 2.29. The number of rotatable bonds is 7. The van der Waals surface area contributed by atoms with E-state index >= 15 is 0 Å². The largest absolute Gasteiger partial charge is 0.481 e. The summed E-state index contributed by atoms with van der Waals surface area (Å²) in [6.07, 6.45) is 8.42. The lowest BCUT2D eigenvalue weighted by Gasteiger charge is -2.13. The second kappa shape index (κ2) is 7.90. The van der Waals surface area contributed by atoms with Crippen LogP contribution in [0.2, 0.25) is 0 Å². The van der Waals surface area contributed by atoms with E-state index in [0.29, 0.717) is 13.0 Å². The summed E-state index contributed by atoms with van der Waals surface area (Å²) >= 11 is 0. The zero-order valence-corrected chi connectivity index (χ0v) is 11.1. The van der Waals surface area contributed by atoms with Gasteiger partial charge >= 0.3 is 5.97 Å². The van der Waals surface area contributed by atoms with Crippen molar-refractivity contribution in [3.05, 3.63) is 11.6 Å². The maximum atomic E-state index is 11.6. The van der Waals surface area contributed by atoms with Gasteiger partial charge in [-0.2, -0.15) is 0 Å². The van der Waals surface area contributed by atoms with Crippen LogP contribution in [0.4, 0.5) is 0 Å². The fraction of sp³-hybridized carbons (Fsp3) is 0.714. The Morgan fingerprint density at radius 1 is 1.39 bits per heavy atom. The number of hydrogen-bond acceptors (Lipinski definition) is 2. The number of carbonyl (C=O) groups excluding carboxylic acids is 1. The Balaban J connectivity index is 2.13. The lowest BCUT2D eigenvalue weighted by atomic mass is 9.97. The molecule has 1 aliphatic rings. The molecule has 18 heavy (non-hydrogen) atoms. The third-order valence-electron chi connectivity index (χ3n) is 3.21. The molecule has 4 heteroatoms. The lowest BCUT2D eigenvalue weighted by Crippen LogP contribution is -2.26. The van der Waals surface area contributed by atoms with Gasteiger partial charge < -0.3 is 10.4 Å². The van der Waals surface area contributed by atoms with Crippen LogP contribution < -0.4 is 5.32 Å². The van der Waals surface area contributed by atoms with Gasteiger partial charge in [-0.05, 0) is 38.0 Å². The summed E-state index contributed by atoms with van der Waals surface area (Å²) in [6, 6.07) is 0. The SMILES string of the molecule is C[C@@H](CC(=O)O)CC(=O)NCCC1=CCCCC1. The minimum atomic E-state index is -0.845. The summed E-state index contributed by atoms with van der Waals surface area (Å²) in [4.78, 5) is 22.0. The van der Waals surface area contributed by atoms with E-state index in [1.807, 2.05) is 0 Å². The Morgan fingerprint density at radius 2 is 2.17 bits per heavy atom. The number of allylic oxidation sites excluding steroid dienone is 1. The van der Waals surface area contributed by atoms with Crippen molar-refractivity contribution in [3.8, 4) is 0 Å². The number of carboxylic acid groups (broad SMARTS) is 1. The third kappa shape index (κ3) is 6.42. The maximum Gasteiger partial charge on any atom is 0.303 e. The monoisotopic (exact) mass is 253 g/mol. The molecule has 1 amide bonds. The summed E-state index contributed by atoms with van der Waals surface area (Å²) < 4.78 is 0. The van der Waals surface area contributed by atoms with Crippen molar-refractivity contribution in [1.29, 1.82) is 0 Å². The Hall–Kier alpha value is -1.32. The summed E-state index contributed by atoms with van der Waals surface area (Å²) in [7, 11) is 0. The molecule has 0 heterocycles. The predicted octanol–water partition coefficient (Wildman–Crippen LogP) is 2.49. The first-order valence-corrected chi connectivity index (χ1v) is 6.74. The molecule has 1 rings (SSSR count). The van der Waals surface area contributed by atoms with E-state index in [4.69, 9.17) is 5.11 Å². The molecule has 0 aromatic rings. The molecule has 0 unspecified atom stereocenters. The molecule has 0 saturated carbocycles. The van der Waals surface area contributed by atoms with E-state index in [1.54, 1.807) is 6.92 Å². The van der Waals surface area contributed by atoms with Crippen LogP contribution in [0.5, 0.6) is 0 Å². The first kappa shape index (κ1) is 14.7. The van der Waals surface area contributed by atoms with Gasteiger partial charge in [0.15, 0.2) is 0 Å². The van der Waals surface area contributed by atoms with Gasteiger partial charge in [-0.1, -0.05) is 18.6 Å². The topological polar surface area (TPSA) is 66.4 Å². The van der Waals surface area contributed by atoms with Crippen molar-refractivity contribution < 1.29 is 14.7 Å². The molecule has 4 nitrogen and oxygen atoms in total. The number of hydrogen-bond donors (Lipinski definition) is 2. The van der Waals surface area contributed by atoms with E-state index in [0.717, 1.165) is 12.8 Å². The van der Waals surface area contributed by atoms with Gasteiger partial charge in [0.2, 0.25) is 5.91 Å². The van der Waals surface area contributed by atoms with Crippen molar-refractivity contribution in [3.63, 3.8) is 0 Å². The van der Waals surface area contributed by atoms with Gasteiger partial charge in [0.25, 0.3) is 0 Å². The maximum absolute atomic E-state index is 11.6. The summed E-state index contributed by atoms with van der Waals surface area (Å²) in [5, 5.41) is 11.5.